The lowest BCUT2D eigenvalue weighted by Gasteiger charge is -2.14. The quantitative estimate of drug-likeness (QED) is 0.792. The second kappa shape index (κ2) is 4.99. The van der Waals surface area contributed by atoms with E-state index in [0.29, 0.717) is 18.0 Å². The van der Waals surface area contributed by atoms with E-state index in [0.717, 1.165) is 0 Å². The number of carbonyl (C=O) groups is 1. The summed E-state index contributed by atoms with van der Waals surface area (Å²) in [6.45, 7) is 0.530. The molecule has 1 heterocycles. The monoisotopic (exact) mass is 303 g/mol. The summed E-state index contributed by atoms with van der Waals surface area (Å²) in [5.74, 6) is -0.240. The van der Waals surface area contributed by atoms with Crippen LogP contribution >= 0.6 is 11.6 Å². The van der Waals surface area contributed by atoms with Gasteiger partial charge < -0.3 is 10.6 Å². The molecule has 1 saturated heterocycles. The minimum atomic E-state index is -3.83. The fourth-order valence-corrected chi connectivity index (χ4v) is 3.46. The van der Waals surface area contributed by atoms with Crippen molar-refractivity contribution in [2.24, 2.45) is 0 Å². The van der Waals surface area contributed by atoms with Crippen LogP contribution in [-0.4, -0.2) is 38.9 Å². The molecule has 0 radical (unpaired) electrons. The first-order valence-corrected chi connectivity index (χ1v) is 7.50. The van der Waals surface area contributed by atoms with Crippen molar-refractivity contribution >= 4 is 33.2 Å². The Bertz CT molecular complexity index is 618. The average Bonchev–Trinajstić information content (AvgIpc) is 2.60. The number of hydrogen-bond donors (Lipinski definition) is 2. The van der Waals surface area contributed by atoms with Crippen molar-refractivity contribution in [2.75, 3.05) is 19.3 Å². The van der Waals surface area contributed by atoms with E-state index in [1.54, 1.807) is 7.05 Å². The van der Waals surface area contributed by atoms with Crippen molar-refractivity contribution in [1.29, 1.82) is 0 Å². The van der Waals surface area contributed by atoms with Crippen LogP contribution in [0.1, 0.15) is 6.42 Å². The fourth-order valence-electron chi connectivity index (χ4n) is 1.95. The highest BCUT2D eigenvalue weighted by Crippen LogP contribution is 2.23. The topological polar surface area (TPSA) is 92.5 Å². The number of rotatable bonds is 3. The van der Waals surface area contributed by atoms with Gasteiger partial charge in [-0.2, -0.15) is 4.72 Å². The van der Waals surface area contributed by atoms with E-state index in [1.165, 1.54) is 23.1 Å². The van der Waals surface area contributed by atoms with Gasteiger partial charge >= 0.3 is 0 Å². The Morgan fingerprint density at radius 1 is 1.47 bits per heavy atom. The van der Waals surface area contributed by atoms with Crippen molar-refractivity contribution in [3.8, 4) is 0 Å². The van der Waals surface area contributed by atoms with Gasteiger partial charge in [-0.25, -0.2) is 8.42 Å². The molecule has 6 nitrogen and oxygen atoms in total. The molecule has 1 aliphatic rings. The van der Waals surface area contributed by atoms with Gasteiger partial charge in [-0.1, -0.05) is 11.6 Å². The van der Waals surface area contributed by atoms with E-state index in [4.69, 9.17) is 17.3 Å². The number of halogens is 1. The van der Waals surface area contributed by atoms with E-state index >= 15 is 0 Å². The van der Waals surface area contributed by atoms with Gasteiger partial charge in [-0.3, -0.25) is 4.79 Å². The summed E-state index contributed by atoms with van der Waals surface area (Å²) in [6.07, 6.45) is 0.446. The molecule has 0 spiro atoms. The molecule has 1 aliphatic heterocycles. The molecule has 19 heavy (non-hydrogen) atoms. The van der Waals surface area contributed by atoms with E-state index in [1.807, 2.05) is 0 Å². The molecule has 0 aliphatic carbocycles. The van der Waals surface area contributed by atoms with Crippen molar-refractivity contribution in [3.05, 3.63) is 23.2 Å². The zero-order chi connectivity index (χ0) is 14.2. The van der Waals surface area contributed by atoms with Crippen LogP contribution in [0.15, 0.2) is 23.1 Å². The van der Waals surface area contributed by atoms with Crippen molar-refractivity contribution in [3.63, 3.8) is 0 Å². The summed E-state index contributed by atoms with van der Waals surface area (Å²) in [7, 11) is -2.20. The molecule has 1 aromatic rings. The van der Waals surface area contributed by atoms with E-state index in [-0.39, 0.29) is 16.5 Å². The largest absolute Gasteiger partial charge is 0.398 e. The van der Waals surface area contributed by atoms with Crippen LogP contribution in [0.3, 0.4) is 0 Å². The van der Waals surface area contributed by atoms with Crippen LogP contribution in [-0.2, 0) is 14.8 Å². The van der Waals surface area contributed by atoms with Crippen molar-refractivity contribution < 1.29 is 13.2 Å². The third-order valence-electron chi connectivity index (χ3n) is 2.99. The first kappa shape index (κ1) is 14.1. The Morgan fingerprint density at radius 3 is 2.68 bits per heavy atom. The Balaban J connectivity index is 2.26. The molecule has 0 saturated carbocycles. The third kappa shape index (κ3) is 2.83. The average molecular weight is 304 g/mol. The number of carbonyl (C=O) groups excluding carboxylic acids is 1. The summed E-state index contributed by atoms with van der Waals surface area (Å²) in [5.41, 5.74) is 5.70. The van der Waals surface area contributed by atoms with Gasteiger partial charge in [0.1, 0.15) is 10.9 Å². The number of likely N-dealkylation sites (tertiary alicyclic amines) is 1. The molecule has 0 aromatic heterocycles. The molecule has 1 amide bonds. The Kier molecular flexibility index (Phi) is 3.71. The van der Waals surface area contributed by atoms with Crippen LogP contribution < -0.4 is 10.5 Å². The predicted molar refractivity (Wildman–Crippen MR) is 72.2 cm³/mol. The normalized spacial score (nSPS) is 20.0. The number of likely N-dealkylation sites (N-methyl/N-ethyl adjacent to an activating group) is 1. The zero-order valence-corrected chi connectivity index (χ0v) is 11.8. The molecule has 2 rings (SSSR count). The van der Waals surface area contributed by atoms with Gasteiger partial charge in [0.05, 0.1) is 5.69 Å². The van der Waals surface area contributed by atoms with E-state index in [9.17, 15) is 13.2 Å². The number of amides is 1. The second-order valence-corrected chi connectivity index (χ2v) is 6.52. The van der Waals surface area contributed by atoms with Gasteiger partial charge in [-0.15, -0.1) is 0 Å². The van der Waals surface area contributed by atoms with Crippen LogP contribution in [0.25, 0.3) is 0 Å². The second-order valence-electron chi connectivity index (χ2n) is 4.40. The maximum absolute atomic E-state index is 12.2. The number of nitrogens with zero attached hydrogens (tertiary/aromatic N) is 1. The number of benzene rings is 1. The number of nitrogens with one attached hydrogen (secondary N) is 1. The molecule has 3 N–H and O–H groups in total. The standard InChI is InChI=1S/C11H14ClN3O3S/c1-15-5-4-9(11(15)16)14-19(17,18)10-3-2-7(12)6-8(10)13/h2-3,6,9,14H,4-5,13H2,1H3. The predicted octanol–water partition coefficient (Wildman–Crippen LogP) is 0.431. The number of nitrogens with two attached hydrogens (primary N) is 1. The third-order valence-corrected chi connectivity index (χ3v) is 4.77. The molecule has 1 aromatic carbocycles. The number of anilines is 1. The summed E-state index contributed by atoms with van der Waals surface area (Å²) >= 11 is 5.72. The number of sulfonamides is 1. The SMILES string of the molecule is CN1CCC(NS(=O)(=O)c2ccc(Cl)cc2N)C1=O. The molecular formula is C11H14ClN3O3S. The Hall–Kier alpha value is -1.31. The molecule has 1 fully saturated rings. The lowest BCUT2D eigenvalue weighted by atomic mass is 10.3. The number of hydrogen-bond acceptors (Lipinski definition) is 4. The molecule has 0 bridgehead atoms. The van der Waals surface area contributed by atoms with Crippen molar-refractivity contribution in [1.82, 2.24) is 9.62 Å². The smallest absolute Gasteiger partial charge is 0.243 e. The van der Waals surface area contributed by atoms with Gasteiger partial charge in [0.25, 0.3) is 0 Å². The van der Waals surface area contributed by atoms with Crippen LogP contribution in [0.4, 0.5) is 5.69 Å². The fraction of sp³-hybridized carbons (Fsp3) is 0.364. The molecule has 104 valence electrons. The highest BCUT2D eigenvalue weighted by molar-refractivity contribution is 7.89. The summed E-state index contributed by atoms with van der Waals surface area (Å²) < 4.78 is 26.7. The highest BCUT2D eigenvalue weighted by atomic mass is 35.5. The van der Waals surface area contributed by atoms with Gasteiger partial charge in [0, 0.05) is 18.6 Å². The lowest BCUT2D eigenvalue weighted by molar-refractivity contribution is -0.127. The molecule has 1 atom stereocenters. The van der Waals surface area contributed by atoms with Crippen molar-refractivity contribution in [2.45, 2.75) is 17.4 Å². The van der Waals surface area contributed by atoms with Crippen LogP contribution in [0.5, 0.6) is 0 Å². The van der Waals surface area contributed by atoms with Crippen LogP contribution in [0.2, 0.25) is 5.02 Å². The first-order chi connectivity index (χ1) is 8.81. The Morgan fingerprint density at radius 2 is 2.16 bits per heavy atom. The molecule has 8 heteroatoms. The summed E-state index contributed by atoms with van der Waals surface area (Å²) in [5, 5.41) is 0.355. The highest BCUT2D eigenvalue weighted by Gasteiger charge is 2.33. The summed E-state index contributed by atoms with van der Waals surface area (Å²) in [6, 6.07) is 3.39. The maximum atomic E-state index is 12.2. The van der Waals surface area contributed by atoms with Gasteiger partial charge in [-0.05, 0) is 24.6 Å². The Labute approximate surface area is 116 Å². The summed E-state index contributed by atoms with van der Waals surface area (Å²) in [4.78, 5) is 13.1. The minimum Gasteiger partial charge on any atom is -0.398 e. The zero-order valence-electron chi connectivity index (χ0n) is 10.3. The maximum Gasteiger partial charge on any atom is 0.243 e. The molecule has 1 unspecified atom stereocenters. The molecular weight excluding hydrogens is 290 g/mol. The lowest BCUT2D eigenvalue weighted by Crippen LogP contribution is -2.40. The van der Waals surface area contributed by atoms with Gasteiger partial charge in [0.2, 0.25) is 15.9 Å². The van der Waals surface area contributed by atoms with E-state index < -0.39 is 16.1 Å². The number of nitrogen functional groups attached to an aromatic ring is 1. The minimum absolute atomic E-state index is 0.0544. The van der Waals surface area contributed by atoms with E-state index in [2.05, 4.69) is 4.72 Å². The van der Waals surface area contributed by atoms with Crippen LogP contribution in [0, 0.1) is 0 Å². The van der Waals surface area contributed by atoms with Gasteiger partial charge in [0.15, 0.2) is 0 Å². The first-order valence-electron chi connectivity index (χ1n) is 5.63.